The molecule has 1 saturated carbocycles. The molecule has 1 aromatic heterocycles. The number of rotatable bonds is 10. The number of anilines is 3. The summed E-state index contributed by atoms with van der Waals surface area (Å²) in [6, 6.07) is 29.8. The van der Waals surface area contributed by atoms with E-state index in [0.717, 1.165) is 5.56 Å². The Morgan fingerprint density at radius 3 is 2.26 bits per heavy atom. The number of aromatic amines is 1. The van der Waals surface area contributed by atoms with Gasteiger partial charge in [0.2, 0.25) is 0 Å². The van der Waals surface area contributed by atoms with Crippen molar-refractivity contribution >= 4 is 39.1 Å². The number of carbonyl (C=O) groups excluding carboxylic acids is 2. The molecule has 0 unspecified atom stereocenters. The Morgan fingerprint density at radius 2 is 1.55 bits per heavy atom. The highest BCUT2D eigenvalue weighted by Gasteiger charge is 2.21. The number of aromatic nitrogens is 4. The summed E-state index contributed by atoms with van der Waals surface area (Å²) in [5.41, 5.74) is 4.17. The van der Waals surface area contributed by atoms with Gasteiger partial charge in [0.05, 0.1) is 17.2 Å². The standard InChI is InChI=1S/C35H35N7O4S/c43-33(37-34-38-40-41-39-34)29-16-14-25(15-17-29)23-42(31-20-18-28(19-21-31)27-10-5-2-6-11-27)35(44)36-30-12-7-13-32(22-30)47(45,46)24-26-8-3-1-4-9-26/h1,3-4,7-9,12-22,27H,2,5-6,10-11,23-24H2,(H,36,44)(H2,37,38,39,40,41,43). The van der Waals surface area contributed by atoms with Crippen LogP contribution >= 0.6 is 0 Å². The summed E-state index contributed by atoms with van der Waals surface area (Å²) in [5.74, 6) is 0.0451. The Morgan fingerprint density at radius 1 is 0.809 bits per heavy atom. The third-order valence-corrected chi connectivity index (χ3v) is 9.98. The van der Waals surface area contributed by atoms with Crippen molar-refractivity contribution in [3.63, 3.8) is 0 Å². The minimum atomic E-state index is -3.65. The molecule has 1 heterocycles. The lowest BCUT2D eigenvalue weighted by atomic mass is 9.84. The van der Waals surface area contributed by atoms with Gasteiger partial charge in [-0.25, -0.2) is 13.2 Å². The number of hydrogen-bond acceptors (Lipinski definition) is 7. The first kappa shape index (κ1) is 31.6. The monoisotopic (exact) mass is 649 g/mol. The Hall–Kier alpha value is -5.36. The topological polar surface area (TPSA) is 150 Å². The van der Waals surface area contributed by atoms with Crippen molar-refractivity contribution in [1.29, 1.82) is 0 Å². The maximum atomic E-state index is 13.9. The minimum absolute atomic E-state index is 0.0653. The van der Waals surface area contributed by atoms with Crippen LogP contribution in [0.25, 0.3) is 0 Å². The molecule has 1 aliphatic carbocycles. The fourth-order valence-electron chi connectivity index (χ4n) is 5.81. The number of nitrogens with zero attached hydrogens (tertiary/aromatic N) is 4. The number of carbonyl (C=O) groups is 2. The third-order valence-electron chi connectivity index (χ3n) is 8.30. The molecule has 5 aromatic rings. The number of sulfone groups is 1. The number of amides is 3. The van der Waals surface area contributed by atoms with Gasteiger partial charge in [0.25, 0.3) is 11.9 Å². The smallest absolute Gasteiger partial charge is 0.307 e. The second-order valence-corrected chi connectivity index (χ2v) is 13.6. The van der Waals surface area contributed by atoms with E-state index in [2.05, 4.69) is 43.4 Å². The molecule has 0 radical (unpaired) electrons. The van der Waals surface area contributed by atoms with Crippen LogP contribution in [0.2, 0.25) is 0 Å². The second kappa shape index (κ2) is 14.4. The van der Waals surface area contributed by atoms with Crippen LogP contribution in [0.3, 0.4) is 0 Å². The molecule has 0 atom stereocenters. The zero-order valence-corrected chi connectivity index (χ0v) is 26.5. The van der Waals surface area contributed by atoms with Gasteiger partial charge in [-0.3, -0.25) is 15.0 Å². The van der Waals surface area contributed by atoms with Gasteiger partial charge >= 0.3 is 6.03 Å². The predicted molar refractivity (Wildman–Crippen MR) is 180 cm³/mol. The molecule has 4 aromatic carbocycles. The van der Waals surface area contributed by atoms with E-state index in [-0.39, 0.29) is 23.1 Å². The number of urea groups is 1. The lowest BCUT2D eigenvalue weighted by Crippen LogP contribution is -2.34. The van der Waals surface area contributed by atoms with Crippen LogP contribution in [0.15, 0.2) is 108 Å². The zero-order chi connectivity index (χ0) is 32.6. The van der Waals surface area contributed by atoms with Crippen molar-refractivity contribution in [1.82, 2.24) is 20.6 Å². The fourth-order valence-corrected chi connectivity index (χ4v) is 7.20. The van der Waals surface area contributed by atoms with Gasteiger partial charge in [0.1, 0.15) is 0 Å². The lowest BCUT2D eigenvalue weighted by Gasteiger charge is -2.26. The van der Waals surface area contributed by atoms with E-state index in [1.165, 1.54) is 49.8 Å². The van der Waals surface area contributed by atoms with Crippen LogP contribution in [-0.2, 0) is 22.1 Å². The van der Waals surface area contributed by atoms with E-state index >= 15 is 0 Å². The number of nitrogens with one attached hydrogen (secondary N) is 3. The van der Waals surface area contributed by atoms with E-state index in [4.69, 9.17) is 0 Å². The fraction of sp³-hybridized carbons (Fsp3) is 0.229. The first-order valence-electron chi connectivity index (χ1n) is 15.5. The van der Waals surface area contributed by atoms with Gasteiger partial charge < -0.3 is 5.32 Å². The molecule has 11 nitrogen and oxygen atoms in total. The van der Waals surface area contributed by atoms with Crippen LogP contribution in [0.5, 0.6) is 0 Å². The van der Waals surface area contributed by atoms with E-state index in [1.807, 2.05) is 18.2 Å². The van der Waals surface area contributed by atoms with Crippen LogP contribution < -0.4 is 15.5 Å². The van der Waals surface area contributed by atoms with Crippen LogP contribution in [0.4, 0.5) is 22.1 Å². The van der Waals surface area contributed by atoms with Crippen molar-refractivity contribution in [2.75, 3.05) is 15.5 Å². The number of H-pyrrole nitrogens is 1. The summed E-state index contributed by atoms with van der Waals surface area (Å²) in [6.45, 7) is 0.202. The Balaban J connectivity index is 1.22. The van der Waals surface area contributed by atoms with Crippen molar-refractivity contribution in [3.05, 3.63) is 125 Å². The van der Waals surface area contributed by atoms with Crippen molar-refractivity contribution < 1.29 is 18.0 Å². The summed E-state index contributed by atoms with van der Waals surface area (Å²) < 4.78 is 26.4. The van der Waals surface area contributed by atoms with Gasteiger partial charge in [-0.15, -0.1) is 5.10 Å². The maximum absolute atomic E-state index is 13.9. The molecule has 0 bridgehead atoms. The van der Waals surface area contributed by atoms with Gasteiger partial charge in [0, 0.05) is 16.9 Å². The number of tetrazole rings is 1. The van der Waals surface area contributed by atoms with Gasteiger partial charge in [-0.05, 0) is 83.1 Å². The molecule has 0 saturated heterocycles. The van der Waals surface area contributed by atoms with Gasteiger partial charge in [-0.1, -0.05) is 85.0 Å². The second-order valence-electron chi connectivity index (χ2n) is 11.6. The average molecular weight is 650 g/mol. The van der Waals surface area contributed by atoms with E-state index in [1.54, 1.807) is 65.6 Å². The van der Waals surface area contributed by atoms with Crippen LogP contribution in [-0.4, -0.2) is 41.0 Å². The predicted octanol–water partition coefficient (Wildman–Crippen LogP) is 6.71. The summed E-state index contributed by atoms with van der Waals surface area (Å²) in [4.78, 5) is 28.2. The third kappa shape index (κ3) is 8.08. The van der Waals surface area contributed by atoms with Crippen molar-refractivity contribution in [2.24, 2.45) is 0 Å². The average Bonchev–Trinajstić information content (AvgIpc) is 3.61. The first-order valence-corrected chi connectivity index (χ1v) is 17.2. The SMILES string of the molecule is O=C(Nc1nn[nH]n1)c1ccc(CN(C(=O)Nc2cccc(S(=O)(=O)Cc3ccccc3)c2)c2ccc(C3CCCCC3)cc2)cc1. The summed E-state index contributed by atoms with van der Waals surface area (Å²) in [7, 11) is -3.65. The van der Waals surface area contributed by atoms with Gasteiger partial charge in [-0.2, -0.15) is 5.21 Å². The Bertz CT molecular complexity index is 1910. The molecule has 47 heavy (non-hydrogen) atoms. The summed E-state index contributed by atoms with van der Waals surface area (Å²) in [5, 5.41) is 18.7. The molecule has 3 N–H and O–H groups in total. The van der Waals surface area contributed by atoms with Crippen LogP contribution in [0, 0.1) is 0 Å². The molecule has 0 aliphatic heterocycles. The lowest BCUT2D eigenvalue weighted by molar-refractivity contribution is 0.102. The van der Waals surface area contributed by atoms with Crippen molar-refractivity contribution in [3.8, 4) is 0 Å². The highest BCUT2D eigenvalue weighted by Crippen LogP contribution is 2.34. The zero-order valence-electron chi connectivity index (χ0n) is 25.7. The highest BCUT2D eigenvalue weighted by molar-refractivity contribution is 7.90. The minimum Gasteiger partial charge on any atom is -0.307 e. The molecule has 3 amide bonds. The largest absolute Gasteiger partial charge is 0.326 e. The summed E-state index contributed by atoms with van der Waals surface area (Å²) in [6.07, 6.45) is 6.06. The molecule has 240 valence electrons. The van der Waals surface area contributed by atoms with E-state index in [0.29, 0.717) is 28.4 Å². The number of hydrogen-bond donors (Lipinski definition) is 3. The van der Waals surface area contributed by atoms with E-state index in [9.17, 15) is 18.0 Å². The molecule has 1 fully saturated rings. The Kier molecular flexibility index (Phi) is 9.67. The normalized spacial score (nSPS) is 13.5. The van der Waals surface area contributed by atoms with Crippen molar-refractivity contribution in [2.45, 2.75) is 55.2 Å². The molecule has 0 spiro atoms. The highest BCUT2D eigenvalue weighted by atomic mass is 32.2. The quantitative estimate of drug-likeness (QED) is 0.152. The van der Waals surface area contributed by atoms with Gasteiger partial charge in [0.15, 0.2) is 9.84 Å². The molecular formula is C35H35N7O4S. The maximum Gasteiger partial charge on any atom is 0.326 e. The molecule has 6 rings (SSSR count). The molecule has 1 aliphatic rings. The molecule has 12 heteroatoms. The Labute approximate surface area is 273 Å². The van der Waals surface area contributed by atoms with E-state index < -0.39 is 21.8 Å². The summed E-state index contributed by atoms with van der Waals surface area (Å²) >= 11 is 0. The first-order chi connectivity index (χ1) is 22.8. The number of benzene rings is 4. The molecular weight excluding hydrogens is 614 g/mol. The van der Waals surface area contributed by atoms with Crippen LogP contribution in [0.1, 0.15) is 65.1 Å².